The van der Waals surface area contributed by atoms with Crippen molar-refractivity contribution in [1.82, 2.24) is 5.32 Å². The molecule has 134 valence electrons. The molecule has 1 aliphatic rings. The first kappa shape index (κ1) is 18.4. The molecule has 1 aromatic carbocycles. The summed E-state index contributed by atoms with van der Waals surface area (Å²) in [4.78, 5) is 12.2. The number of benzene rings is 1. The van der Waals surface area contributed by atoms with Gasteiger partial charge in [-0.05, 0) is 38.3 Å². The second-order valence-electron chi connectivity index (χ2n) is 5.98. The third-order valence-corrected chi connectivity index (χ3v) is 4.03. The fourth-order valence-corrected chi connectivity index (χ4v) is 2.65. The Morgan fingerprint density at radius 2 is 2.04 bits per heavy atom. The van der Waals surface area contributed by atoms with Crippen LogP contribution in [0.5, 0.6) is 5.75 Å². The number of alkyl halides is 3. The van der Waals surface area contributed by atoms with Gasteiger partial charge in [-0.25, -0.2) is 4.79 Å². The van der Waals surface area contributed by atoms with E-state index in [1.165, 1.54) is 12.1 Å². The normalized spacial score (nSPS) is 16.2. The number of carbonyl (C=O) groups is 1. The molecule has 1 saturated carbocycles. The zero-order valence-corrected chi connectivity index (χ0v) is 13.6. The van der Waals surface area contributed by atoms with Gasteiger partial charge in [0.05, 0.1) is 12.1 Å². The van der Waals surface area contributed by atoms with Gasteiger partial charge < -0.3 is 20.1 Å². The molecule has 0 saturated heterocycles. The van der Waals surface area contributed by atoms with Gasteiger partial charge in [-0.3, -0.25) is 0 Å². The van der Waals surface area contributed by atoms with Crippen molar-refractivity contribution in [2.24, 2.45) is 0 Å². The molecule has 0 aliphatic heterocycles. The fraction of sp³-hybridized carbons (Fsp3) is 0.562. The molecule has 1 fully saturated rings. The molecule has 0 heterocycles. The topological polar surface area (TPSA) is 59.6 Å². The lowest BCUT2D eigenvalue weighted by atomic mass is 9.77. The molecule has 0 radical (unpaired) electrons. The summed E-state index contributed by atoms with van der Waals surface area (Å²) in [5.74, 6) is 0.0837. The first-order valence-corrected chi connectivity index (χ1v) is 7.62. The lowest BCUT2D eigenvalue weighted by molar-refractivity contribution is -0.153. The van der Waals surface area contributed by atoms with Gasteiger partial charge in [0.2, 0.25) is 0 Å². The highest BCUT2D eigenvalue weighted by molar-refractivity contribution is 5.91. The Kier molecular flexibility index (Phi) is 5.58. The molecule has 0 spiro atoms. The van der Waals surface area contributed by atoms with Crippen LogP contribution >= 0.6 is 0 Å². The van der Waals surface area contributed by atoms with Crippen molar-refractivity contribution >= 4 is 11.7 Å². The molecule has 24 heavy (non-hydrogen) atoms. The van der Waals surface area contributed by atoms with Crippen molar-refractivity contribution in [2.75, 3.05) is 25.6 Å². The van der Waals surface area contributed by atoms with Crippen molar-refractivity contribution in [3.8, 4) is 5.75 Å². The summed E-state index contributed by atoms with van der Waals surface area (Å²) in [6.07, 6.45) is -1.72. The van der Waals surface area contributed by atoms with E-state index in [-0.39, 0.29) is 11.3 Å². The number of nitrogens with one attached hydrogen (secondary N) is 2. The van der Waals surface area contributed by atoms with Gasteiger partial charge in [-0.2, -0.15) is 13.2 Å². The second kappa shape index (κ2) is 7.29. The number of carbonyl (C=O) groups excluding carboxylic acids is 1. The molecule has 2 amide bonds. The molecule has 0 unspecified atom stereocenters. The number of rotatable bonds is 6. The third-order valence-electron chi connectivity index (χ3n) is 4.03. The zero-order chi connectivity index (χ0) is 17.8. The predicted molar refractivity (Wildman–Crippen MR) is 83.3 cm³/mol. The highest BCUT2D eigenvalue weighted by atomic mass is 19.4. The van der Waals surface area contributed by atoms with Gasteiger partial charge in [0.25, 0.3) is 0 Å². The number of anilines is 1. The summed E-state index contributed by atoms with van der Waals surface area (Å²) in [6.45, 7) is 0.643. The van der Waals surface area contributed by atoms with Crippen LogP contribution in [0.3, 0.4) is 0 Å². The van der Waals surface area contributed by atoms with E-state index in [1.807, 2.05) is 0 Å². The number of methoxy groups -OCH3 is 1. The third kappa shape index (κ3) is 4.77. The summed E-state index contributed by atoms with van der Waals surface area (Å²) < 4.78 is 46.7. The largest absolute Gasteiger partial charge is 0.484 e. The number of hydrogen-bond acceptors (Lipinski definition) is 3. The molecular weight excluding hydrogens is 325 g/mol. The smallest absolute Gasteiger partial charge is 0.422 e. The summed E-state index contributed by atoms with van der Waals surface area (Å²) in [5.41, 5.74) is 0.474. The Labute approximate surface area is 138 Å². The standard InChI is InChI=1S/C16H21F3N2O3/c1-11-12(5-3-6-13(11)24-10-16(17,18)19)20-14(22)21-15(9-23-2)7-4-8-15/h3,5-6H,4,7-10H2,1-2H3,(H2,20,21,22). The SMILES string of the molecule is COCC1(NC(=O)Nc2cccc(OCC(F)(F)F)c2C)CCC1. The van der Waals surface area contributed by atoms with Crippen LogP contribution in [0, 0.1) is 6.92 Å². The van der Waals surface area contributed by atoms with Gasteiger partial charge in [-0.15, -0.1) is 0 Å². The maximum atomic E-state index is 12.3. The molecule has 2 N–H and O–H groups in total. The number of halogens is 3. The molecule has 1 aromatic rings. The summed E-state index contributed by atoms with van der Waals surface area (Å²) in [5, 5.41) is 5.55. The van der Waals surface area contributed by atoms with Gasteiger partial charge >= 0.3 is 12.2 Å². The Hall–Kier alpha value is -1.96. The zero-order valence-electron chi connectivity index (χ0n) is 13.6. The predicted octanol–water partition coefficient (Wildman–Crippen LogP) is 3.63. The lowest BCUT2D eigenvalue weighted by Crippen LogP contribution is -2.57. The van der Waals surface area contributed by atoms with Gasteiger partial charge in [-0.1, -0.05) is 6.07 Å². The quantitative estimate of drug-likeness (QED) is 0.827. The van der Waals surface area contributed by atoms with E-state index in [9.17, 15) is 18.0 Å². The van der Waals surface area contributed by atoms with Crippen molar-refractivity contribution in [3.63, 3.8) is 0 Å². The summed E-state index contributed by atoms with van der Waals surface area (Å²) in [7, 11) is 1.57. The summed E-state index contributed by atoms with van der Waals surface area (Å²) >= 11 is 0. The van der Waals surface area contributed by atoms with E-state index in [0.29, 0.717) is 17.9 Å². The van der Waals surface area contributed by atoms with Gasteiger partial charge in [0, 0.05) is 18.4 Å². The Morgan fingerprint density at radius 3 is 2.58 bits per heavy atom. The minimum atomic E-state index is -4.41. The second-order valence-corrected chi connectivity index (χ2v) is 5.98. The van der Waals surface area contributed by atoms with Crippen molar-refractivity contribution < 1.29 is 27.4 Å². The van der Waals surface area contributed by atoms with Crippen molar-refractivity contribution in [1.29, 1.82) is 0 Å². The van der Waals surface area contributed by atoms with E-state index in [4.69, 9.17) is 9.47 Å². The average Bonchev–Trinajstić information content (AvgIpc) is 2.45. The molecular formula is C16H21F3N2O3. The first-order valence-electron chi connectivity index (χ1n) is 7.62. The maximum absolute atomic E-state index is 12.3. The lowest BCUT2D eigenvalue weighted by Gasteiger charge is -2.41. The molecule has 0 bridgehead atoms. The fourth-order valence-electron chi connectivity index (χ4n) is 2.65. The highest BCUT2D eigenvalue weighted by Crippen LogP contribution is 2.32. The van der Waals surface area contributed by atoms with Crippen molar-refractivity contribution in [3.05, 3.63) is 23.8 Å². The molecule has 2 rings (SSSR count). The van der Waals surface area contributed by atoms with E-state index >= 15 is 0 Å². The minimum absolute atomic E-state index is 0.0837. The van der Waals surface area contributed by atoms with E-state index < -0.39 is 18.8 Å². The first-order chi connectivity index (χ1) is 11.2. The van der Waals surface area contributed by atoms with Crippen LogP contribution in [0.25, 0.3) is 0 Å². The molecule has 5 nitrogen and oxygen atoms in total. The van der Waals surface area contributed by atoms with Crippen LogP contribution in [-0.4, -0.2) is 38.1 Å². The van der Waals surface area contributed by atoms with Crippen LogP contribution in [0.15, 0.2) is 18.2 Å². The van der Waals surface area contributed by atoms with Gasteiger partial charge in [0.15, 0.2) is 6.61 Å². The highest BCUT2D eigenvalue weighted by Gasteiger charge is 2.38. The number of amides is 2. The van der Waals surface area contributed by atoms with Crippen LogP contribution in [0.1, 0.15) is 24.8 Å². The Morgan fingerprint density at radius 1 is 1.33 bits per heavy atom. The molecule has 0 aromatic heterocycles. The summed E-state index contributed by atoms with van der Waals surface area (Å²) in [6, 6.07) is 4.16. The van der Waals surface area contributed by atoms with Crippen LogP contribution in [0.2, 0.25) is 0 Å². The van der Waals surface area contributed by atoms with E-state index in [1.54, 1.807) is 20.1 Å². The van der Waals surface area contributed by atoms with E-state index in [0.717, 1.165) is 19.3 Å². The minimum Gasteiger partial charge on any atom is -0.484 e. The Balaban J connectivity index is 2.00. The average molecular weight is 346 g/mol. The van der Waals surface area contributed by atoms with Gasteiger partial charge in [0.1, 0.15) is 5.75 Å². The molecule has 1 aliphatic carbocycles. The van der Waals surface area contributed by atoms with Crippen LogP contribution < -0.4 is 15.4 Å². The number of ether oxygens (including phenoxy) is 2. The Bertz CT molecular complexity index is 586. The van der Waals surface area contributed by atoms with Crippen LogP contribution in [-0.2, 0) is 4.74 Å². The molecule has 8 heteroatoms. The van der Waals surface area contributed by atoms with Crippen LogP contribution in [0.4, 0.5) is 23.7 Å². The monoisotopic (exact) mass is 346 g/mol. The number of hydrogen-bond donors (Lipinski definition) is 2. The van der Waals surface area contributed by atoms with Crippen molar-refractivity contribution in [2.45, 2.75) is 37.9 Å². The number of urea groups is 1. The van der Waals surface area contributed by atoms with E-state index in [2.05, 4.69) is 10.6 Å². The molecule has 0 atom stereocenters. The maximum Gasteiger partial charge on any atom is 0.422 e.